The van der Waals surface area contributed by atoms with E-state index in [1.165, 1.54) is 30.3 Å². The smallest absolute Gasteiger partial charge is 0.296 e. The van der Waals surface area contributed by atoms with Crippen LogP contribution < -0.4 is 17.0 Å². The first kappa shape index (κ1) is 20.6. The van der Waals surface area contributed by atoms with Crippen molar-refractivity contribution in [1.29, 1.82) is 0 Å². The maximum atomic E-state index is 11.6. The summed E-state index contributed by atoms with van der Waals surface area (Å²) in [5.41, 5.74) is 8.31. The number of hydrazine groups is 1. The van der Waals surface area contributed by atoms with Crippen molar-refractivity contribution in [1.82, 2.24) is 0 Å². The number of rotatable bonds is 5. The molecule has 29 heavy (non-hydrogen) atoms. The Hall–Kier alpha value is -3.10. The van der Waals surface area contributed by atoms with Crippen LogP contribution in [-0.4, -0.2) is 26.8 Å². The molecule has 1 unspecified atom stereocenters. The lowest BCUT2D eigenvalue weighted by Gasteiger charge is -2.09. The number of nitrogens with zero attached hydrogens (tertiary/aromatic N) is 2. The molecule has 0 spiro atoms. The zero-order valence-corrected chi connectivity index (χ0v) is 16.1. The van der Waals surface area contributed by atoms with E-state index in [4.69, 9.17) is 11.6 Å². The summed E-state index contributed by atoms with van der Waals surface area (Å²) < 4.78 is 53.2. The first-order valence-corrected chi connectivity index (χ1v) is 10.3. The van der Waals surface area contributed by atoms with Gasteiger partial charge < -0.3 is 20.8 Å². The molecule has 0 aliphatic rings. The fourth-order valence-electron chi connectivity index (χ4n) is 2.62. The van der Waals surface area contributed by atoms with E-state index >= 15 is 0 Å². The van der Waals surface area contributed by atoms with Gasteiger partial charge in [0.15, 0.2) is 11.1 Å². The molecule has 0 radical (unpaired) electrons. The molecule has 13 heteroatoms. The zero-order chi connectivity index (χ0) is 21.3. The van der Waals surface area contributed by atoms with Gasteiger partial charge in [0.1, 0.15) is 22.0 Å². The third kappa shape index (κ3) is 4.18. The quantitative estimate of drug-likeness (QED) is 0.0866. The average Bonchev–Trinajstić information content (AvgIpc) is 2.66. The molecule has 152 valence electrons. The first-order chi connectivity index (χ1) is 13.6. The number of azo groups is 1. The lowest BCUT2D eigenvalue weighted by Crippen LogP contribution is -2.08. The van der Waals surface area contributed by atoms with E-state index in [0.29, 0.717) is 5.39 Å². The largest absolute Gasteiger partial charge is 0.507 e. The number of nitrogens with one attached hydrogen (secondary N) is 1. The van der Waals surface area contributed by atoms with Gasteiger partial charge >= 0.3 is 0 Å². The topological polar surface area (TPSA) is 201 Å². The molecule has 3 aromatic carbocycles. The van der Waals surface area contributed by atoms with Crippen LogP contribution in [0.3, 0.4) is 0 Å². The van der Waals surface area contributed by atoms with Gasteiger partial charge in [-0.15, -0.1) is 10.2 Å². The van der Waals surface area contributed by atoms with Gasteiger partial charge in [-0.2, -0.15) is 8.42 Å². The predicted molar refractivity (Wildman–Crippen MR) is 107 cm³/mol. The van der Waals surface area contributed by atoms with E-state index in [-0.39, 0.29) is 38.8 Å². The highest BCUT2D eigenvalue weighted by Crippen LogP contribution is 2.40. The van der Waals surface area contributed by atoms with Crippen LogP contribution in [0.15, 0.2) is 62.5 Å². The molecule has 3 aromatic rings. The van der Waals surface area contributed by atoms with Crippen LogP contribution in [-0.2, 0) is 21.2 Å². The number of anilines is 2. The minimum absolute atomic E-state index is 0.0117. The molecule has 0 aliphatic carbocycles. The van der Waals surface area contributed by atoms with Crippen molar-refractivity contribution in [2.75, 3.05) is 11.2 Å². The maximum absolute atomic E-state index is 11.6. The average molecular weight is 437 g/mol. The second kappa shape index (κ2) is 7.73. The van der Waals surface area contributed by atoms with Crippen LogP contribution in [0.1, 0.15) is 0 Å². The standard InChI is InChI=1S/C16H15N5O6S2/c17-11-3-1-8-5-10(28(23)24)7-13(22)15(8)16(11)21-20-12-4-2-9(19-18)6-14(12)29(25,26)27/h1-7,19,22H,17-18H2,(H,23,24)(H,25,26,27). The molecule has 8 N–H and O–H groups in total. The highest BCUT2D eigenvalue weighted by molar-refractivity contribution is 7.86. The van der Waals surface area contributed by atoms with Crippen molar-refractivity contribution in [2.24, 2.45) is 16.1 Å². The van der Waals surface area contributed by atoms with E-state index in [0.717, 1.165) is 12.1 Å². The normalized spacial score (nSPS) is 13.1. The summed E-state index contributed by atoms with van der Waals surface area (Å²) in [6.07, 6.45) is 0. The summed E-state index contributed by atoms with van der Waals surface area (Å²) >= 11 is -2.31. The lowest BCUT2D eigenvalue weighted by atomic mass is 10.1. The number of aromatic hydroxyl groups is 1. The van der Waals surface area contributed by atoms with Crippen LogP contribution >= 0.6 is 0 Å². The number of nitrogen functional groups attached to an aromatic ring is 2. The summed E-state index contributed by atoms with van der Waals surface area (Å²) in [6, 6.07) is 9.16. The summed E-state index contributed by atoms with van der Waals surface area (Å²) in [4.78, 5) is -0.570. The monoisotopic (exact) mass is 437 g/mol. The molecule has 3 rings (SSSR count). The molecule has 0 saturated heterocycles. The molecule has 0 amide bonds. The summed E-state index contributed by atoms with van der Waals surface area (Å²) in [6.45, 7) is 0. The SMILES string of the molecule is NNc1ccc(N=Nc2c(N)ccc3cc(S(=O)O)cc(O)c23)c(S(=O)(=O)O)c1. The van der Waals surface area contributed by atoms with Crippen LogP contribution in [0.2, 0.25) is 0 Å². The zero-order valence-electron chi connectivity index (χ0n) is 14.5. The number of nitrogens with two attached hydrogens (primary N) is 2. The van der Waals surface area contributed by atoms with Gasteiger partial charge in [-0.25, -0.2) is 4.21 Å². The molecule has 0 aromatic heterocycles. The first-order valence-electron chi connectivity index (χ1n) is 7.77. The predicted octanol–water partition coefficient (Wildman–Crippen LogP) is 2.66. The van der Waals surface area contributed by atoms with Gasteiger partial charge in [0.05, 0.1) is 21.7 Å². The number of hydrogen-bond donors (Lipinski definition) is 6. The molecule has 0 bridgehead atoms. The van der Waals surface area contributed by atoms with Crippen molar-refractivity contribution in [3.8, 4) is 5.75 Å². The number of fused-ring (bicyclic) bond motifs is 1. The number of hydrogen-bond acceptors (Lipinski definition) is 9. The number of phenolic OH excluding ortho intramolecular Hbond substituents is 1. The highest BCUT2D eigenvalue weighted by Gasteiger charge is 2.17. The Balaban J connectivity index is 2.20. The van der Waals surface area contributed by atoms with Crippen molar-refractivity contribution in [2.45, 2.75) is 9.79 Å². The van der Waals surface area contributed by atoms with Crippen LogP contribution in [0.25, 0.3) is 10.8 Å². The molecule has 0 saturated carbocycles. The van der Waals surface area contributed by atoms with Gasteiger partial charge in [-0.1, -0.05) is 6.07 Å². The lowest BCUT2D eigenvalue weighted by molar-refractivity contribution is 0.479. The number of phenols is 1. The molecule has 0 fully saturated rings. The fourth-order valence-corrected chi connectivity index (χ4v) is 3.71. The summed E-state index contributed by atoms with van der Waals surface area (Å²) in [7, 11) is -4.64. The van der Waals surface area contributed by atoms with E-state index in [1.54, 1.807) is 0 Å². The van der Waals surface area contributed by atoms with Crippen molar-refractivity contribution in [3.05, 3.63) is 42.5 Å². The molecule has 0 heterocycles. The van der Waals surface area contributed by atoms with Gasteiger partial charge in [0, 0.05) is 0 Å². The Morgan fingerprint density at radius 3 is 2.41 bits per heavy atom. The van der Waals surface area contributed by atoms with Gasteiger partial charge in [-0.05, 0) is 41.8 Å². The minimum atomic E-state index is -4.64. The Morgan fingerprint density at radius 2 is 1.79 bits per heavy atom. The minimum Gasteiger partial charge on any atom is -0.507 e. The van der Waals surface area contributed by atoms with Gasteiger partial charge in [-0.3, -0.25) is 10.4 Å². The molecule has 11 nitrogen and oxygen atoms in total. The third-order valence-electron chi connectivity index (χ3n) is 3.94. The van der Waals surface area contributed by atoms with Crippen molar-refractivity contribution >= 4 is 54.7 Å². The van der Waals surface area contributed by atoms with Crippen LogP contribution in [0, 0.1) is 0 Å². The van der Waals surface area contributed by atoms with E-state index in [2.05, 4.69) is 15.7 Å². The number of benzene rings is 3. The molecular weight excluding hydrogens is 422 g/mol. The van der Waals surface area contributed by atoms with Crippen molar-refractivity contribution in [3.63, 3.8) is 0 Å². The van der Waals surface area contributed by atoms with E-state index in [1.807, 2.05) is 0 Å². The second-order valence-electron chi connectivity index (χ2n) is 5.79. The third-order valence-corrected chi connectivity index (χ3v) is 5.46. The van der Waals surface area contributed by atoms with Gasteiger partial charge in [0.2, 0.25) is 0 Å². The Labute approximate surface area is 167 Å². The van der Waals surface area contributed by atoms with E-state index < -0.39 is 26.1 Å². The molecular formula is C16H15N5O6S2. The van der Waals surface area contributed by atoms with Crippen molar-refractivity contribution < 1.29 is 26.8 Å². The fraction of sp³-hybridized carbons (Fsp3) is 0. The van der Waals surface area contributed by atoms with Crippen LogP contribution in [0.5, 0.6) is 5.75 Å². The summed E-state index contributed by atoms with van der Waals surface area (Å²) in [5.74, 6) is 4.88. The van der Waals surface area contributed by atoms with Crippen LogP contribution in [0.4, 0.5) is 22.7 Å². The summed E-state index contributed by atoms with van der Waals surface area (Å²) in [5, 5.41) is 18.6. The maximum Gasteiger partial charge on any atom is 0.296 e. The Bertz CT molecular complexity index is 1280. The molecule has 1 atom stereocenters. The second-order valence-corrected chi connectivity index (χ2v) is 8.15. The Kier molecular flexibility index (Phi) is 5.50. The highest BCUT2D eigenvalue weighted by atomic mass is 32.2. The molecule has 0 aliphatic heterocycles. The van der Waals surface area contributed by atoms with E-state index in [9.17, 15) is 26.8 Å². The van der Waals surface area contributed by atoms with Gasteiger partial charge in [0.25, 0.3) is 10.1 Å². The Morgan fingerprint density at radius 1 is 1.07 bits per heavy atom.